The molecule has 0 saturated heterocycles. The summed E-state index contributed by atoms with van der Waals surface area (Å²) < 4.78 is 4.88. The molecule has 0 radical (unpaired) electrons. The number of benzene rings is 1. The lowest BCUT2D eigenvalue weighted by Crippen LogP contribution is -2.36. The third kappa shape index (κ3) is 4.99. The monoisotopic (exact) mass is 279 g/mol. The molecule has 0 saturated carbocycles. The number of hydrogen-bond acceptors (Lipinski definition) is 4. The van der Waals surface area contributed by atoms with Crippen molar-refractivity contribution in [3.8, 4) is 0 Å². The molecule has 1 unspecified atom stereocenters. The van der Waals surface area contributed by atoms with Gasteiger partial charge in [0.05, 0.1) is 6.04 Å². The Bertz CT molecular complexity index is 463. The number of nitrogens with two attached hydrogens (primary N) is 1. The maximum absolute atomic E-state index is 11.8. The van der Waals surface area contributed by atoms with E-state index in [9.17, 15) is 9.59 Å². The average molecular weight is 279 g/mol. The first-order chi connectivity index (χ1) is 9.58. The first-order valence-corrected chi connectivity index (χ1v) is 6.52. The first kappa shape index (κ1) is 16.1. The molecule has 0 aliphatic heterocycles. The van der Waals surface area contributed by atoms with Crippen molar-refractivity contribution in [2.75, 3.05) is 25.6 Å². The third-order valence-electron chi connectivity index (χ3n) is 2.70. The van der Waals surface area contributed by atoms with Gasteiger partial charge in [0.25, 0.3) is 5.91 Å². The molecule has 6 heteroatoms. The fraction of sp³-hybridized carbons (Fsp3) is 0.429. The van der Waals surface area contributed by atoms with Crippen LogP contribution in [0.3, 0.4) is 0 Å². The van der Waals surface area contributed by atoms with Crippen LogP contribution in [0.5, 0.6) is 0 Å². The van der Waals surface area contributed by atoms with Crippen LogP contribution in [0.2, 0.25) is 0 Å². The molecular weight excluding hydrogens is 258 g/mol. The van der Waals surface area contributed by atoms with Crippen LogP contribution < -0.4 is 16.4 Å². The predicted molar refractivity (Wildman–Crippen MR) is 77.5 cm³/mol. The summed E-state index contributed by atoms with van der Waals surface area (Å²) in [5.74, 6) is -0.470. The van der Waals surface area contributed by atoms with Gasteiger partial charge in [0, 0.05) is 31.5 Å². The Kier molecular flexibility index (Phi) is 6.69. The maximum Gasteiger partial charge on any atom is 0.251 e. The Balaban J connectivity index is 2.66. The van der Waals surface area contributed by atoms with Crippen molar-refractivity contribution < 1.29 is 14.3 Å². The fourth-order valence-electron chi connectivity index (χ4n) is 1.61. The number of anilines is 1. The highest BCUT2D eigenvalue weighted by molar-refractivity contribution is 5.98. The van der Waals surface area contributed by atoms with Gasteiger partial charge in [-0.2, -0.15) is 0 Å². The van der Waals surface area contributed by atoms with E-state index in [0.717, 1.165) is 0 Å². The second-order valence-corrected chi connectivity index (χ2v) is 4.32. The summed E-state index contributed by atoms with van der Waals surface area (Å²) in [6.07, 6.45) is 0.443. The molecule has 1 aromatic rings. The van der Waals surface area contributed by atoms with E-state index >= 15 is 0 Å². The van der Waals surface area contributed by atoms with E-state index in [1.807, 2.05) is 6.92 Å². The van der Waals surface area contributed by atoms with Crippen molar-refractivity contribution in [2.45, 2.75) is 19.4 Å². The third-order valence-corrected chi connectivity index (χ3v) is 2.70. The maximum atomic E-state index is 11.8. The van der Waals surface area contributed by atoms with Crippen LogP contribution >= 0.6 is 0 Å². The SMILES string of the molecule is CCNC(=O)c1cccc(NC(=O)C(N)CCOC)c1. The highest BCUT2D eigenvalue weighted by Gasteiger charge is 2.13. The molecule has 6 nitrogen and oxygen atoms in total. The second kappa shape index (κ2) is 8.29. The summed E-state index contributed by atoms with van der Waals surface area (Å²) in [6.45, 7) is 2.82. The van der Waals surface area contributed by atoms with Gasteiger partial charge in [0.2, 0.25) is 5.91 Å². The van der Waals surface area contributed by atoms with E-state index in [1.54, 1.807) is 31.4 Å². The van der Waals surface area contributed by atoms with Gasteiger partial charge < -0.3 is 21.1 Å². The summed E-state index contributed by atoms with van der Waals surface area (Å²) in [5, 5.41) is 5.39. The molecule has 1 aromatic carbocycles. The Morgan fingerprint density at radius 1 is 1.40 bits per heavy atom. The van der Waals surface area contributed by atoms with E-state index in [-0.39, 0.29) is 11.8 Å². The molecule has 20 heavy (non-hydrogen) atoms. The highest BCUT2D eigenvalue weighted by Crippen LogP contribution is 2.11. The Hall–Kier alpha value is -1.92. The minimum absolute atomic E-state index is 0.174. The van der Waals surface area contributed by atoms with Crippen LogP contribution in [0.1, 0.15) is 23.7 Å². The molecule has 0 aliphatic rings. The largest absolute Gasteiger partial charge is 0.385 e. The van der Waals surface area contributed by atoms with Crippen molar-refractivity contribution in [2.24, 2.45) is 5.73 Å². The number of hydrogen-bond donors (Lipinski definition) is 3. The first-order valence-electron chi connectivity index (χ1n) is 6.52. The summed E-state index contributed by atoms with van der Waals surface area (Å²) in [5.41, 5.74) is 6.77. The van der Waals surface area contributed by atoms with Crippen LogP contribution in [0.25, 0.3) is 0 Å². The molecule has 0 aliphatic carbocycles. The number of methoxy groups -OCH3 is 1. The highest BCUT2D eigenvalue weighted by atomic mass is 16.5. The molecule has 0 fully saturated rings. The van der Waals surface area contributed by atoms with E-state index in [2.05, 4.69) is 10.6 Å². The van der Waals surface area contributed by atoms with Crippen molar-refractivity contribution in [3.63, 3.8) is 0 Å². The molecule has 0 bridgehead atoms. The lowest BCUT2D eigenvalue weighted by molar-refractivity contribution is -0.117. The number of rotatable bonds is 7. The van der Waals surface area contributed by atoms with Gasteiger partial charge in [-0.3, -0.25) is 9.59 Å². The normalized spacial score (nSPS) is 11.8. The zero-order chi connectivity index (χ0) is 15.0. The lowest BCUT2D eigenvalue weighted by Gasteiger charge is -2.12. The zero-order valence-corrected chi connectivity index (χ0v) is 11.8. The lowest BCUT2D eigenvalue weighted by atomic mass is 10.1. The molecular formula is C14H21N3O3. The molecule has 0 spiro atoms. The van der Waals surface area contributed by atoms with Crippen LogP contribution in [0.15, 0.2) is 24.3 Å². The van der Waals surface area contributed by atoms with E-state index in [1.165, 1.54) is 0 Å². The van der Waals surface area contributed by atoms with Gasteiger partial charge in [-0.25, -0.2) is 0 Å². The minimum atomic E-state index is -0.636. The summed E-state index contributed by atoms with van der Waals surface area (Å²) >= 11 is 0. The predicted octanol–water partition coefficient (Wildman–Crippen LogP) is 0.739. The molecule has 110 valence electrons. The fourth-order valence-corrected chi connectivity index (χ4v) is 1.61. The van der Waals surface area contributed by atoms with Crippen molar-refractivity contribution >= 4 is 17.5 Å². The van der Waals surface area contributed by atoms with Gasteiger partial charge in [0.15, 0.2) is 0 Å². The number of carbonyl (C=O) groups is 2. The Labute approximate surface area is 118 Å². The minimum Gasteiger partial charge on any atom is -0.385 e. The van der Waals surface area contributed by atoms with Crippen LogP contribution in [0.4, 0.5) is 5.69 Å². The van der Waals surface area contributed by atoms with E-state index in [0.29, 0.717) is 30.8 Å². The second-order valence-electron chi connectivity index (χ2n) is 4.32. The van der Waals surface area contributed by atoms with Crippen LogP contribution in [0, 0.1) is 0 Å². The summed E-state index contributed by atoms with van der Waals surface area (Å²) in [6, 6.07) is 6.09. The van der Waals surface area contributed by atoms with Gasteiger partial charge >= 0.3 is 0 Å². The topological polar surface area (TPSA) is 93.5 Å². The van der Waals surface area contributed by atoms with Crippen LogP contribution in [-0.2, 0) is 9.53 Å². The smallest absolute Gasteiger partial charge is 0.251 e. The van der Waals surface area contributed by atoms with Gasteiger partial charge in [-0.05, 0) is 31.5 Å². The molecule has 4 N–H and O–H groups in total. The number of carbonyl (C=O) groups excluding carboxylic acids is 2. The van der Waals surface area contributed by atoms with E-state index < -0.39 is 6.04 Å². The number of nitrogens with one attached hydrogen (secondary N) is 2. The van der Waals surface area contributed by atoms with Gasteiger partial charge in [-0.1, -0.05) is 6.07 Å². The Morgan fingerprint density at radius 3 is 2.80 bits per heavy atom. The van der Waals surface area contributed by atoms with E-state index in [4.69, 9.17) is 10.5 Å². The summed E-state index contributed by atoms with van der Waals surface area (Å²) in [7, 11) is 1.56. The summed E-state index contributed by atoms with van der Waals surface area (Å²) in [4.78, 5) is 23.5. The van der Waals surface area contributed by atoms with Crippen molar-refractivity contribution in [3.05, 3.63) is 29.8 Å². The number of amides is 2. The average Bonchev–Trinajstić information content (AvgIpc) is 2.45. The molecule has 0 heterocycles. The zero-order valence-electron chi connectivity index (χ0n) is 11.8. The van der Waals surface area contributed by atoms with Gasteiger partial charge in [-0.15, -0.1) is 0 Å². The molecule has 1 rings (SSSR count). The quantitative estimate of drug-likeness (QED) is 0.686. The molecule has 0 aromatic heterocycles. The van der Waals surface area contributed by atoms with Gasteiger partial charge in [0.1, 0.15) is 0 Å². The number of ether oxygens (including phenoxy) is 1. The Morgan fingerprint density at radius 2 is 2.15 bits per heavy atom. The standard InChI is InChI=1S/C14H21N3O3/c1-3-16-13(18)10-5-4-6-11(9-10)17-14(19)12(15)7-8-20-2/h4-6,9,12H,3,7-8,15H2,1-2H3,(H,16,18)(H,17,19). The molecule has 2 amide bonds. The van der Waals surface area contributed by atoms with Crippen LogP contribution in [-0.4, -0.2) is 38.1 Å². The molecule has 1 atom stereocenters. The van der Waals surface area contributed by atoms with Crippen molar-refractivity contribution in [1.82, 2.24) is 5.32 Å². The van der Waals surface area contributed by atoms with Crippen molar-refractivity contribution in [1.29, 1.82) is 0 Å².